The Hall–Kier alpha value is -3.21. The molecule has 0 bridgehead atoms. The molecule has 0 spiro atoms. The molecule has 1 aliphatic rings. The molecule has 1 aromatic heterocycles. The summed E-state index contributed by atoms with van der Waals surface area (Å²) in [5.41, 5.74) is 1.81. The number of carbonyl (C=O) groups excluding carboxylic acids is 2. The maximum Gasteiger partial charge on any atom is 0.254 e. The SMILES string of the molecule is O=C(NCCc1cccnc1)C1CCCN(C(=O)c2cccc3ccccc23)C1. The lowest BCUT2D eigenvalue weighted by Gasteiger charge is -2.32. The van der Waals surface area contributed by atoms with Crippen LogP contribution in [0, 0.1) is 5.92 Å². The van der Waals surface area contributed by atoms with Gasteiger partial charge in [-0.05, 0) is 47.7 Å². The second-order valence-electron chi connectivity index (χ2n) is 7.52. The van der Waals surface area contributed by atoms with Crippen LogP contribution in [0.2, 0.25) is 0 Å². The van der Waals surface area contributed by atoms with Gasteiger partial charge in [0.2, 0.25) is 5.91 Å². The zero-order valence-corrected chi connectivity index (χ0v) is 16.4. The molecule has 29 heavy (non-hydrogen) atoms. The minimum absolute atomic E-state index is 0.00894. The molecule has 1 atom stereocenters. The number of piperidine rings is 1. The Morgan fingerprint density at radius 1 is 1.07 bits per heavy atom. The van der Waals surface area contributed by atoms with E-state index in [9.17, 15) is 9.59 Å². The first kappa shape index (κ1) is 19.1. The molecule has 1 fully saturated rings. The fourth-order valence-corrected chi connectivity index (χ4v) is 3.98. The van der Waals surface area contributed by atoms with Gasteiger partial charge in [0.05, 0.1) is 5.92 Å². The number of hydrogen-bond acceptors (Lipinski definition) is 3. The predicted octanol–water partition coefficient (Wildman–Crippen LogP) is 3.45. The van der Waals surface area contributed by atoms with E-state index in [1.165, 1.54) is 0 Å². The second-order valence-corrected chi connectivity index (χ2v) is 7.52. The average Bonchev–Trinajstić information content (AvgIpc) is 2.79. The van der Waals surface area contributed by atoms with Crippen molar-refractivity contribution in [1.29, 1.82) is 0 Å². The third kappa shape index (κ3) is 4.45. The van der Waals surface area contributed by atoms with Crippen LogP contribution < -0.4 is 5.32 Å². The van der Waals surface area contributed by atoms with Crippen molar-refractivity contribution in [2.45, 2.75) is 19.3 Å². The molecule has 3 aromatic rings. The van der Waals surface area contributed by atoms with Gasteiger partial charge in [-0.1, -0.05) is 42.5 Å². The summed E-state index contributed by atoms with van der Waals surface area (Å²) < 4.78 is 0. The number of hydrogen-bond donors (Lipinski definition) is 1. The number of amides is 2. The lowest BCUT2D eigenvalue weighted by molar-refractivity contribution is -0.126. The molecule has 2 aromatic carbocycles. The van der Waals surface area contributed by atoms with E-state index in [2.05, 4.69) is 10.3 Å². The highest BCUT2D eigenvalue weighted by Crippen LogP contribution is 2.23. The number of nitrogens with one attached hydrogen (secondary N) is 1. The van der Waals surface area contributed by atoms with Crippen LogP contribution in [0.1, 0.15) is 28.8 Å². The molecule has 5 nitrogen and oxygen atoms in total. The molecule has 0 radical (unpaired) electrons. The van der Waals surface area contributed by atoms with Crippen molar-refractivity contribution in [1.82, 2.24) is 15.2 Å². The van der Waals surface area contributed by atoms with Gasteiger partial charge in [-0.3, -0.25) is 14.6 Å². The topological polar surface area (TPSA) is 62.3 Å². The van der Waals surface area contributed by atoms with E-state index in [0.29, 0.717) is 25.2 Å². The number of nitrogens with zero attached hydrogens (tertiary/aromatic N) is 2. The predicted molar refractivity (Wildman–Crippen MR) is 114 cm³/mol. The zero-order valence-electron chi connectivity index (χ0n) is 16.4. The largest absolute Gasteiger partial charge is 0.355 e. The van der Waals surface area contributed by atoms with E-state index in [1.807, 2.05) is 65.7 Å². The van der Waals surface area contributed by atoms with E-state index < -0.39 is 0 Å². The minimum atomic E-state index is -0.156. The van der Waals surface area contributed by atoms with Gasteiger partial charge in [0, 0.05) is 37.6 Å². The molecule has 1 N–H and O–H groups in total. The number of benzene rings is 2. The Morgan fingerprint density at radius 3 is 2.79 bits per heavy atom. The molecule has 0 saturated carbocycles. The summed E-state index contributed by atoms with van der Waals surface area (Å²) in [6.45, 7) is 1.75. The lowest BCUT2D eigenvalue weighted by atomic mass is 9.95. The van der Waals surface area contributed by atoms with Crippen LogP contribution in [0.4, 0.5) is 0 Å². The van der Waals surface area contributed by atoms with E-state index in [-0.39, 0.29) is 17.7 Å². The van der Waals surface area contributed by atoms with Crippen LogP contribution in [0.5, 0.6) is 0 Å². The maximum absolute atomic E-state index is 13.2. The smallest absolute Gasteiger partial charge is 0.254 e. The quantitative estimate of drug-likeness (QED) is 0.729. The number of pyridine rings is 1. The molecule has 1 aliphatic heterocycles. The van der Waals surface area contributed by atoms with Crippen LogP contribution in [-0.4, -0.2) is 41.3 Å². The Balaban J connectivity index is 1.38. The summed E-state index contributed by atoms with van der Waals surface area (Å²) in [5, 5.41) is 5.04. The van der Waals surface area contributed by atoms with Gasteiger partial charge in [0.1, 0.15) is 0 Å². The van der Waals surface area contributed by atoms with Crippen molar-refractivity contribution in [3.05, 3.63) is 78.1 Å². The van der Waals surface area contributed by atoms with Gasteiger partial charge in [0.15, 0.2) is 0 Å². The Morgan fingerprint density at radius 2 is 1.93 bits per heavy atom. The standard InChI is InChI=1S/C24H25N3O2/c28-23(26-14-12-18-6-4-13-25-16-18)20-9-5-15-27(17-20)24(29)22-11-3-8-19-7-1-2-10-21(19)22/h1-4,6-8,10-11,13,16,20H,5,9,12,14-15,17H2,(H,26,28). The number of fused-ring (bicyclic) bond motifs is 1. The maximum atomic E-state index is 13.2. The van der Waals surface area contributed by atoms with Crippen molar-refractivity contribution in [2.24, 2.45) is 5.92 Å². The van der Waals surface area contributed by atoms with Crippen molar-refractivity contribution < 1.29 is 9.59 Å². The average molecular weight is 387 g/mol. The van der Waals surface area contributed by atoms with E-state index in [0.717, 1.165) is 35.6 Å². The fourth-order valence-electron chi connectivity index (χ4n) is 3.98. The first-order valence-electron chi connectivity index (χ1n) is 10.2. The minimum Gasteiger partial charge on any atom is -0.355 e. The van der Waals surface area contributed by atoms with E-state index >= 15 is 0 Å². The third-order valence-corrected chi connectivity index (χ3v) is 5.54. The summed E-state index contributed by atoms with van der Waals surface area (Å²) >= 11 is 0. The molecule has 2 amide bonds. The molecule has 0 aliphatic carbocycles. The van der Waals surface area contributed by atoms with Crippen LogP contribution in [-0.2, 0) is 11.2 Å². The van der Waals surface area contributed by atoms with Gasteiger partial charge in [-0.25, -0.2) is 0 Å². The van der Waals surface area contributed by atoms with Crippen molar-refractivity contribution in [2.75, 3.05) is 19.6 Å². The Labute approximate surface area is 170 Å². The number of likely N-dealkylation sites (tertiary alicyclic amines) is 1. The molecule has 5 heteroatoms. The number of rotatable bonds is 5. The lowest BCUT2D eigenvalue weighted by Crippen LogP contribution is -2.45. The van der Waals surface area contributed by atoms with Crippen molar-refractivity contribution in [3.63, 3.8) is 0 Å². The van der Waals surface area contributed by atoms with Crippen LogP contribution in [0.3, 0.4) is 0 Å². The van der Waals surface area contributed by atoms with Gasteiger partial charge in [0.25, 0.3) is 5.91 Å². The summed E-state index contributed by atoms with van der Waals surface area (Å²) in [6.07, 6.45) is 5.98. The first-order chi connectivity index (χ1) is 14.2. The van der Waals surface area contributed by atoms with Crippen molar-refractivity contribution >= 4 is 22.6 Å². The van der Waals surface area contributed by atoms with Crippen molar-refractivity contribution in [3.8, 4) is 0 Å². The molecular formula is C24H25N3O2. The fraction of sp³-hybridized carbons (Fsp3) is 0.292. The van der Waals surface area contributed by atoms with Gasteiger partial charge >= 0.3 is 0 Å². The zero-order chi connectivity index (χ0) is 20.1. The normalized spacial score (nSPS) is 16.6. The summed E-state index contributed by atoms with van der Waals surface area (Å²) in [7, 11) is 0. The Kier molecular flexibility index (Phi) is 5.84. The number of aromatic nitrogens is 1. The molecule has 1 unspecified atom stereocenters. The molecule has 1 saturated heterocycles. The highest BCUT2D eigenvalue weighted by atomic mass is 16.2. The van der Waals surface area contributed by atoms with Gasteiger partial charge < -0.3 is 10.2 Å². The highest BCUT2D eigenvalue weighted by molar-refractivity contribution is 6.07. The second kappa shape index (κ2) is 8.86. The third-order valence-electron chi connectivity index (χ3n) is 5.54. The van der Waals surface area contributed by atoms with Crippen LogP contribution in [0.15, 0.2) is 67.0 Å². The van der Waals surface area contributed by atoms with Crippen LogP contribution in [0.25, 0.3) is 10.8 Å². The van der Waals surface area contributed by atoms with E-state index in [4.69, 9.17) is 0 Å². The molecule has 148 valence electrons. The van der Waals surface area contributed by atoms with Gasteiger partial charge in [-0.2, -0.15) is 0 Å². The summed E-state index contributed by atoms with van der Waals surface area (Å²) in [6, 6.07) is 17.6. The molecule has 4 rings (SSSR count). The summed E-state index contributed by atoms with van der Waals surface area (Å²) in [5.74, 6) is -0.115. The monoisotopic (exact) mass is 387 g/mol. The number of carbonyl (C=O) groups is 2. The first-order valence-corrected chi connectivity index (χ1v) is 10.2. The van der Waals surface area contributed by atoms with Crippen LogP contribution >= 0.6 is 0 Å². The molecular weight excluding hydrogens is 362 g/mol. The molecule has 2 heterocycles. The Bertz CT molecular complexity index is 998. The van der Waals surface area contributed by atoms with Gasteiger partial charge in [-0.15, -0.1) is 0 Å². The van der Waals surface area contributed by atoms with E-state index in [1.54, 1.807) is 6.20 Å². The highest BCUT2D eigenvalue weighted by Gasteiger charge is 2.29. The summed E-state index contributed by atoms with van der Waals surface area (Å²) in [4.78, 5) is 31.7.